The first kappa shape index (κ1) is 15.8. The summed E-state index contributed by atoms with van der Waals surface area (Å²) in [6.07, 6.45) is 3.48. The molecule has 0 radical (unpaired) electrons. The predicted octanol–water partition coefficient (Wildman–Crippen LogP) is 0.675. The lowest BCUT2D eigenvalue weighted by molar-refractivity contribution is 0.205. The zero-order valence-electron chi connectivity index (χ0n) is 11.1. The lowest BCUT2D eigenvalue weighted by Gasteiger charge is -2.26. The Morgan fingerprint density at radius 3 is 1.81 bits per heavy atom. The van der Waals surface area contributed by atoms with Crippen LogP contribution in [-0.4, -0.2) is 55.7 Å². The molecule has 0 aliphatic heterocycles. The Hall–Kier alpha value is -0.160. The topological polar surface area (TPSA) is 58.5 Å². The largest absolute Gasteiger partial charge is 0.330 e. The Kier molecular flexibility index (Phi) is 11.2. The highest BCUT2D eigenvalue weighted by molar-refractivity contribution is 4.62. The van der Waals surface area contributed by atoms with E-state index in [1.807, 2.05) is 0 Å². The Balaban J connectivity index is 3.78. The van der Waals surface area contributed by atoms with E-state index in [-0.39, 0.29) is 0 Å². The molecule has 0 atom stereocenters. The molecule has 4 nitrogen and oxygen atoms in total. The SMILES string of the molecule is CCCN(CN)CCN(CCC)CCCN. The monoisotopic (exact) mass is 230 g/mol. The number of hydrogen-bond acceptors (Lipinski definition) is 4. The molecular formula is C12H30N4. The smallest absolute Gasteiger partial charge is 0.0455 e. The summed E-state index contributed by atoms with van der Waals surface area (Å²) in [5.41, 5.74) is 11.3. The summed E-state index contributed by atoms with van der Waals surface area (Å²) >= 11 is 0. The third-order valence-corrected chi connectivity index (χ3v) is 2.75. The van der Waals surface area contributed by atoms with E-state index in [2.05, 4.69) is 23.6 Å². The summed E-state index contributed by atoms with van der Waals surface area (Å²) < 4.78 is 0. The van der Waals surface area contributed by atoms with E-state index in [4.69, 9.17) is 11.5 Å². The maximum absolute atomic E-state index is 5.71. The molecular weight excluding hydrogens is 200 g/mol. The van der Waals surface area contributed by atoms with Crippen LogP contribution in [0, 0.1) is 0 Å². The van der Waals surface area contributed by atoms with Crippen LogP contribution in [0.5, 0.6) is 0 Å². The summed E-state index contributed by atoms with van der Waals surface area (Å²) in [4.78, 5) is 4.80. The van der Waals surface area contributed by atoms with Crippen molar-refractivity contribution in [1.29, 1.82) is 0 Å². The minimum absolute atomic E-state index is 0.671. The first-order chi connectivity index (χ1) is 7.78. The molecule has 0 saturated carbocycles. The number of nitrogens with two attached hydrogens (primary N) is 2. The first-order valence-corrected chi connectivity index (χ1v) is 6.63. The van der Waals surface area contributed by atoms with Crippen molar-refractivity contribution < 1.29 is 0 Å². The van der Waals surface area contributed by atoms with Gasteiger partial charge in [0.1, 0.15) is 0 Å². The second-order valence-electron chi connectivity index (χ2n) is 4.28. The maximum atomic E-state index is 5.71. The Morgan fingerprint density at radius 2 is 1.31 bits per heavy atom. The van der Waals surface area contributed by atoms with E-state index in [0.29, 0.717) is 6.67 Å². The summed E-state index contributed by atoms with van der Waals surface area (Å²) in [5.74, 6) is 0. The van der Waals surface area contributed by atoms with E-state index in [0.717, 1.165) is 39.1 Å². The van der Waals surface area contributed by atoms with Gasteiger partial charge in [0.15, 0.2) is 0 Å². The molecule has 0 bridgehead atoms. The van der Waals surface area contributed by atoms with Gasteiger partial charge < -0.3 is 16.4 Å². The average Bonchev–Trinajstić information content (AvgIpc) is 2.30. The average molecular weight is 230 g/mol. The molecule has 98 valence electrons. The molecule has 0 saturated heterocycles. The lowest BCUT2D eigenvalue weighted by atomic mass is 10.3. The van der Waals surface area contributed by atoms with Crippen LogP contribution in [0.15, 0.2) is 0 Å². The third kappa shape index (κ3) is 8.05. The van der Waals surface area contributed by atoms with Crippen molar-refractivity contribution in [1.82, 2.24) is 9.80 Å². The van der Waals surface area contributed by atoms with Crippen molar-refractivity contribution in [3.05, 3.63) is 0 Å². The molecule has 0 heterocycles. The molecule has 0 rings (SSSR count). The minimum Gasteiger partial charge on any atom is -0.330 e. The van der Waals surface area contributed by atoms with Gasteiger partial charge in [0.25, 0.3) is 0 Å². The van der Waals surface area contributed by atoms with Crippen molar-refractivity contribution in [2.75, 3.05) is 45.9 Å². The summed E-state index contributed by atoms with van der Waals surface area (Å²) in [7, 11) is 0. The van der Waals surface area contributed by atoms with E-state index in [9.17, 15) is 0 Å². The summed E-state index contributed by atoms with van der Waals surface area (Å²) in [6, 6.07) is 0. The van der Waals surface area contributed by atoms with Crippen molar-refractivity contribution in [2.24, 2.45) is 11.5 Å². The zero-order valence-corrected chi connectivity index (χ0v) is 11.1. The zero-order chi connectivity index (χ0) is 12.2. The van der Waals surface area contributed by atoms with Gasteiger partial charge in [-0.1, -0.05) is 13.8 Å². The molecule has 0 aromatic carbocycles. The van der Waals surface area contributed by atoms with E-state index >= 15 is 0 Å². The lowest BCUT2D eigenvalue weighted by Crippen LogP contribution is -2.39. The van der Waals surface area contributed by atoms with Gasteiger partial charge in [-0.15, -0.1) is 0 Å². The van der Waals surface area contributed by atoms with Gasteiger partial charge in [0.05, 0.1) is 0 Å². The molecule has 0 aromatic rings. The van der Waals surface area contributed by atoms with E-state index in [1.54, 1.807) is 0 Å². The van der Waals surface area contributed by atoms with Crippen LogP contribution in [0.3, 0.4) is 0 Å². The van der Waals surface area contributed by atoms with Crippen molar-refractivity contribution in [2.45, 2.75) is 33.1 Å². The molecule has 0 fully saturated rings. The minimum atomic E-state index is 0.671. The maximum Gasteiger partial charge on any atom is 0.0455 e. The van der Waals surface area contributed by atoms with Crippen LogP contribution >= 0.6 is 0 Å². The van der Waals surface area contributed by atoms with Gasteiger partial charge in [-0.05, 0) is 45.4 Å². The van der Waals surface area contributed by atoms with Crippen LogP contribution in [0.4, 0.5) is 0 Å². The van der Waals surface area contributed by atoms with E-state index in [1.165, 1.54) is 19.4 Å². The van der Waals surface area contributed by atoms with Crippen molar-refractivity contribution in [3.8, 4) is 0 Å². The molecule has 4 heteroatoms. The fourth-order valence-corrected chi connectivity index (χ4v) is 1.86. The summed E-state index contributed by atoms with van der Waals surface area (Å²) in [6.45, 7) is 11.5. The second kappa shape index (κ2) is 11.3. The molecule has 0 amide bonds. The highest BCUT2D eigenvalue weighted by atomic mass is 15.2. The van der Waals surface area contributed by atoms with E-state index < -0.39 is 0 Å². The standard InChI is InChI=1S/C12H30N4/c1-3-7-15(9-5-6-13)10-11-16(12-14)8-4-2/h3-14H2,1-2H3. The van der Waals surface area contributed by atoms with Gasteiger partial charge in [-0.3, -0.25) is 4.90 Å². The quantitative estimate of drug-likeness (QED) is 0.512. The van der Waals surface area contributed by atoms with Crippen molar-refractivity contribution >= 4 is 0 Å². The van der Waals surface area contributed by atoms with Gasteiger partial charge in [0.2, 0.25) is 0 Å². The fourth-order valence-electron chi connectivity index (χ4n) is 1.86. The molecule has 0 aromatic heterocycles. The molecule has 4 N–H and O–H groups in total. The molecule has 16 heavy (non-hydrogen) atoms. The second-order valence-corrected chi connectivity index (χ2v) is 4.28. The summed E-state index contributed by atoms with van der Waals surface area (Å²) in [5, 5.41) is 0. The van der Waals surface area contributed by atoms with Gasteiger partial charge in [-0.2, -0.15) is 0 Å². The normalized spacial score (nSPS) is 11.6. The Labute approximate surface area is 101 Å². The molecule has 0 spiro atoms. The van der Waals surface area contributed by atoms with Crippen LogP contribution < -0.4 is 11.5 Å². The van der Waals surface area contributed by atoms with Crippen molar-refractivity contribution in [3.63, 3.8) is 0 Å². The van der Waals surface area contributed by atoms with Gasteiger partial charge in [0, 0.05) is 19.8 Å². The third-order valence-electron chi connectivity index (χ3n) is 2.75. The van der Waals surface area contributed by atoms with Gasteiger partial charge >= 0.3 is 0 Å². The number of nitrogens with zero attached hydrogens (tertiary/aromatic N) is 2. The van der Waals surface area contributed by atoms with Crippen LogP contribution in [-0.2, 0) is 0 Å². The Morgan fingerprint density at radius 1 is 0.750 bits per heavy atom. The highest BCUT2D eigenvalue weighted by Gasteiger charge is 2.06. The first-order valence-electron chi connectivity index (χ1n) is 6.63. The van der Waals surface area contributed by atoms with Crippen LogP contribution in [0.25, 0.3) is 0 Å². The Bertz CT molecular complexity index is 141. The van der Waals surface area contributed by atoms with Crippen LogP contribution in [0.1, 0.15) is 33.1 Å². The van der Waals surface area contributed by atoms with Crippen LogP contribution in [0.2, 0.25) is 0 Å². The molecule has 0 aliphatic rings. The highest BCUT2D eigenvalue weighted by Crippen LogP contribution is 1.96. The number of hydrogen-bond donors (Lipinski definition) is 2. The molecule has 0 unspecified atom stereocenters. The predicted molar refractivity (Wildman–Crippen MR) is 71.3 cm³/mol. The number of rotatable bonds is 11. The van der Waals surface area contributed by atoms with Gasteiger partial charge in [-0.25, -0.2) is 0 Å². The molecule has 0 aliphatic carbocycles. The fraction of sp³-hybridized carbons (Fsp3) is 1.00.